The summed E-state index contributed by atoms with van der Waals surface area (Å²) in [5.41, 5.74) is 2.32. The molecule has 0 aliphatic heterocycles. The van der Waals surface area contributed by atoms with Crippen LogP contribution in [0.15, 0.2) is 41.8 Å². The molecule has 3 rings (SSSR count). The molecule has 0 aliphatic rings. The molecule has 0 amide bonds. The lowest BCUT2D eigenvalue weighted by Crippen LogP contribution is -1.98. The molecule has 2 heterocycles. The van der Waals surface area contributed by atoms with Gasteiger partial charge < -0.3 is 9.13 Å². The molecular formula is C15H17N5S. The van der Waals surface area contributed by atoms with Crippen molar-refractivity contribution in [3.8, 4) is 11.4 Å². The molecule has 0 fully saturated rings. The summed E-state index contributed by atoms with van der Waals surface area (Å²) in [4.78, 5) is 4.32. The lowest BCUT2D eigenvalue weighted by atomic mass is 10.1. The lowest BCUT2D eigenvalue weighted by Gasteiger charge is -2.06. The second-order valence-electron chi connectivity index (χ2n) is 4.92. The highest BCUT2D eigenvalue weighted by Crippen LogP contribution is 2.26. The molecule has 0 saturated carbocycles. The van der Waals surface area contributed by atoms with Crippen LogP contribution in [0.5, 0.6) is 0 Å². The maximum absolute atomic E-state index is 4.33. The SMILES string of the molecule is Cc1ccccc1-c1nnc(SCc2nccn2C)n1C. The van der Waals surface area contributed by atoms with Gasteiger partial charge in [0, 0.05) is 32.1 Å². The number of thioether (sulfide) groups is 1. The van der Waals surface area contributed by atoms with Gasteiger partial charge in [-0.25, -0.2) is 4.98 Å². The summed E-state index contributed by atoms with van der Waals surface area (Å²) in [7, 11) is 4.00. The van der Waals surface area contributed by atoms with Crippen LogP contribution >= 0.6 is 11.8 Å². The largest absolute Gasteiger partial charge is 0.337 e. The van der Waals surface area contributed by atoms with Crippen LogP contribution in [-0.2, 0) is 19.8 Å². The smallest absolute Gasteiger partial charge is 0.191 e. The van der Waals surface area contributed by atoms with E-state index in [-0.39, 0.29) is 0 Å². The second-order valence-corrected chi connectivity index (χ2v) is 5.87. The number of aromatic nitrogens is 5. The third kappa shape index (κ3) is 2.71. The highest BCUT2D eigenvalue weighted by atomic mass is 32.2. The first-order valence-corrected chi connectivity index (χ1v) is 7.70. The fourth-order valence-corrected chi connectivity index (χ4v) is 3.08. The summed E-state index contributed by atoms with van der Waals surface area (Å²) in [5.74, 6) is 2.71. The van der Waals surface area contributed by atoms with Crippen LogP contribution in [0.25, 0.3) is 11.4 Å². The number of hydrogen-bond donors (Lipinski definition) is 0. The van der Waals surface area contributed by atoms with Gasteiger partial charge in [0.15, 0.2) is 11.0 Å². The maximum atomic E-state index is 4.33. The van der Waals surface area contributed by atoms with Crippen LogP contribution in [0.4, 0.5) is 0 Å². The van der Waals surface area contributed by atoms with E-state index in [4.69, 9.17) is 0 Å². The molecule has 0 spiro atoms. The molecule has 0 N–H and O–H groups in total. The van der Waals surface area contributed by atoms with Gasteiger partial charge in [-0.05, 0) is 12.5 Å². The molecule has 5 nitrogen and oxygen atoms in total. The molecule has 21 heavy (non-hydrogen) atoms. The van der Waals surface area contributed by atoms with Gasteiger partial charge >= 0.3 is 0 Å². The summed E-state index contributed by atoms with van der Waals surface area (Å²) in [6.07, 6.45) is 3.76. The van der Waals surface area contributed by atoms with Crippen LogP contribution in [0.3, 0.4) is 0 Å². The fourth-order valence-electron chi connectivity index (χ4n) is 2.16. The number of aryl methyl sites for hydroxylation is 2. The Bertz CT molecular complexity index is 759. The molecule has 0 atom stereocenters. The van der Waals surface area contributed by atoms with Crippen molar-refractivity contribution in [2.24, 2.45) is 14.1 Å². The normalized spacial score (nSPS) is 11.0. The zero-order valence-corrected chi connectivity index (χ0v) is 13.1. The van der Waals surface area contributed by atoms with Crippen LogP contribution in [0.2, 0.25) is 0 Å². The van der Waals surface area contributed by atoms with E-state index in [0.29, 0.717) is 0 Å². The predicted molar refractivity (Wildman–Crippen MR) is 83.9 cm³/mol. The van der Waals surface area contributed by atoms with E-state index in [1.807, 2.05) is 47.8 Å². The van der Waals surface area contributed by atoms with Gasteiger partial charge in [0.25, 0.3) is 0 Å². The van der Waals surface area contributed by atoms with Gasteiger partial charge in [0.1, 0.15) is 5.82 Å². The van der Waals surface area contributed by atoms with Crippen molar-refractivity contribution in [2.45, 2.75) is 17.8 Å². The molecule has 0 radical (unpaired) electrons. The zero-order valence-electron chi connectivity index (χ0n) is 12.3. The van der Waals surface area contributed by atoms with E-state index < -0.39 is 0 Å². The van der Waals surface area contributed by atoms with Crippen molar-refractivity contribution in [1.82, 2.24) is 24.3 Å². The Labute approximate surface area is 128 Å². The van der Waals surface area contributed by atoms with Crippen molar-refractivity contribution >= 4 is 11.8 Å². The van der Waals surface area contributed by atoms with E-state index in [9.17, 15) is 0 Å². The minimum atomic E-state index is 0.781. The van der Waals surface area contributed by atoms with Crippen molar-refractivity contribution in [2.75, 3.05) is 0 Å². The predicted octanol–water partition coefficient (Wildman–Crippen LogP) is 2.82. The summed E-state index contributed by atoms with van der Waals surface area (Å²) in [6, 6.07) is 8.22. The van der Waals surface area contributed by atoms with E-state index in [2.05, 4.69) is 34.2 Å². The number of hydrogen-bond acceptors (Lipinski definition) is 4. The standard InChI is InChI=1S/C15H17N5S/c1-11-6-4-5-7-12(11)14-17-18-15(20(14)3)21-10-13-16-8-9-19(13)2/h4-9H,10H2,1-3H3. The number of nitrogens with zero attached hydrogens (tertiary/aromatic N) is 5. The van der Waals surface area contributed by atoms with Crippen molar-refractivity contribution in [1.29, 1.82) is 0 Å². The third-order valence-electron chi connectivity index (χ3n) is 3.47. The molecule has 0 saturated heterocycles. The van der Waals surface area contributed by atoms with Crippen molar-refractivity contribution < 1.29 is 0 Å². The average molecular weight is 299 g/mol. The van der Waals surface area contributed by atoms with Gasteiger partial charge in [0.05, 0.1) is 5.75 Å². The quantitative estimate of drug-likeness (QED) is 0.695. The Morgan fingerprint density at radius 3 is 2.67 bits per heavy atom. The minimum Gasteiger partial charge on any atom is -0.337 e. The van der Waals surface area contributed by atoms with Gasteiger partial charge in [-0.2, -0.15) is 0 Å². The monoisotopic (exact) mass is 299 g/mol. The molecule has 0 aliphatic carbocycles. The summed E-state index contributed by atoms with van der Waals surface area (Å²) in [5, 5.41) is 9.53. The summed E-state index contributed by atoms with van der Waals surface area (Å²) < 4.78 is 4.06. The van der Waals surface area contributed by atoms with Crippen LogP contribution in [0, 0.1) is 6.92 Å². The van der Waals surface area contributed by atoms with Crippen molar-refractivity contribution in [3.05, 3.63) is 48.0 Å². The van der Waals surface area contributed by atoms with Gasteiger partial charge in [-0.15, -0.1) is 10.2 Å². The van der Waals surface area contributed by atoms with Crippen LogP contribution < -0.4 is 0 Å². The highest BCUT2D eigenvalue weighted by molar-refractivity contribution is 7.98. The first-order valence-electron chi connectivity index (χ1n) is 6.71. The molecule has 6 heteroatoms. The second kappa shape index (κ2) is 5.73. The minimum absolute atomic E-state index is 0.781. The van der Waals surface area contributed by atoms with Crippen molar-refractivity contribution in [3.63, 3.8) is 0 Å². The molecule has 0 unspecified atom stereocenters. The Hall–Kier alpha value is -2.08. The average Bonchev–Trinajstić information content (AvgIpc) is 3.04. The topological polar surface area (TPSA) is 48.5 Å². The van der Waals surface area contributed by atoms with Gasteiger partial charge in [-0.1, -0.05) is 36.0 Å². The maximum Gasteiger partial charge on any atom is 0.191 e. The number of rotatable bonds is 4. The molecule has 2 aromatic heterocycles. The number of imidazole rings is 1. The zero-order chi connectivity index (χ0) is 14.8. The molecule has 3 aromatic rings. The van der Waals surface area contributed by atoms with Gasteiger partial charge in [0.2, 0.25) is 0 Å². The van der Waals surface area contributed by atoms with Crippen LogP contribution in [0.1, 0.15) is 11.4 Å². The van der Waals surface area contributed by atoms with E-state index >= 15 is 0 Å². The van der Waals surface area contributed by atoms with Crippen LogP contribution in [-0.4, -0.2) is 24.3 Å². The molecule has 1 aromatic carbocycles. The summed E-state index contributed by atoms with van der Waals surface area (Å²) in [6.45, 7) is 2.09. The molecule has 108 valence electrons. The molecule has 0 bridgehead atoms. The highest BCUT2D eigenvalue weighted by Gasteiger charge is 2.13. The third-order valence-corrected chi connectivity index (χ3v) is 4.49. The Morgan fingerprint density at radius 1 is 1.14 bits per heavy atom. The first kappa shape index (κ1) is 13.9. The Balaban J connectivity index is 1.83. The fraction of sp³-hybridized carbons (Fsp3) is 0.267. The molecular weight excluding hydrogens is 282 g/mol. The Kier molecular flexibility index (Phi) is 3.79. The summed E-state index contributed by atoms with van der Waals surface area (Å²) >= 11 is 1.65. The first-order chi connectivity index (χ1) is 10.2. The lowest BCUT2D eigenvalue weighted by molar-refractivity contribution is 0.789. The van der Waals surface area contributed by atoms with E-state index in [1.165, 1.54) is 5.56 Å². The van der Waals surface area contributed by atoms with Gasteiger partial charge in [-0.3, -0.25) is 0 Å². The number of benzene rings is 1. The van der Waals surface area contributed by atoms with E-state index in [0.717, 1.165) is 28.1 Å². The van der Waals surface area contributed by atoms with E-state index in [1.54, 1.807) is 11.8 Å². The Morgan fingerprint density at radius 2 is 1.95 bits per heavy atom.